The van der Waals surface area contributed by atoms with Crippen molar-refractivity contribution in [3.63, 3.8) is 0 Å². The van der Waals surface area contributed by atoms with E-state index in [4.69, 9.17) is 14.2 Å². The molecular weight excluding hydrogens is 344 g/mol. The molecule has 0 aliphatic rings. The van der Waals surface area contributed by atoms with Gasteiger partial charge in [0, 0.05) is 30.7 Å². The SMILES string of the molecule is CCCCc1nc(Cc2ccc(OC)cc2OC)cn1C(=O)OC(C)(C)C. The van der Waals surface area contributed by atoms with Gasteiger partial charge in [0.15, 0.2) is 0 Å². The van der Waals surface area contributed by atoms with Gasteiger partial charge in [-0.05, 0) is 33.3 Å². The molecule has 2 rings (SSSR count). The third-order valence-corrected chi connectivity index (χ3v) is 4.04. The number of hydrogen-bond donors (Lipinski definition) is 0. The number of methoxy groups -OCH3 is 2. The molecule has 0 fully saturated rings. The molecule has 0 aliphatic carbocycles. The molecule has 148 valence electrons. The summed E-state index contributed by atoms with van der Waals surface area (Å²) in [5, 5.41) is 0. The number of ether oxygens (including phenoxy) is 3. The van der Waals surface area contributed by atoms with Crippen molar-refractivity contribution in [1.82, 2.24) is 9.55 Å². The number of nitrogens with zero attached hydrogens (tertiary/aromatic N) is 2. The molecule has 0 bridgehead atoms. The normalized spacial score (nSPS) is 11.3. The van der Waals surface area contributed by atoms with E-state index in [9.17, 15) is 4.79 Å². The fourth-order valence-corrected chi connectivity index (χ4v) is 2.73. The van der Waals surface area contributed by atoms with Crippen molar-refractivity contribution >= 4 is 6.09 Å². The Hall–Kier alpha value is -2.50. The molecule has 0 atom stereocenters. The van der Waals surface area contributed by atoms with Crippen molar-refractivity contribution in [3.8, 4) is 11.5 Å². The zero-order valence-corrected chi connectivity index (χ0v) is 17.2. The van der Waals surface area contributed by atoms with Crippen molar-refractivity contribution in [2.75, 3.05) is 14.2 Å². The summed E-state index contributed by atoms with van der Waals surface area (Å²) in [6, 6.07) is 5.69. The van der Waals surface area contributed by atoms with E-state index in [1.54, 1.807) is 20.4 Å². The van der Waals surface area contributed by atoms with E-state index < -0.39 is 11.7 Å². The quantitative estimate of drug-likeness (QED) is 0.708. The summed E-state index contributed by atoms with van der Waals surface area (Å²) in [5.74, 6) is 2.20. The summed E-state index contributed by atoms with van der Waals surface area (Å²) in [5.41, 5.74) is 1.23. The van der Waals surface area contributed by atoms with E-state index >= 15 is 0 Å². The second-order valence-corrected chi connectivity index (χ2v) is 7.46. The van der Waals surface area contributed by atoms with Crippen LogP contribution in [0.15, 0.2) is 24.4 Å². The van der Waals surface area contributed by atoms with Crippen LogP contribution in [0.1, 0.15) is 57.6 Å². The van der Waals surface area contributed by atoms with Crippen LogP contribution in [0.4, 0.5) is 4.79 Å². The van der Waals surface area contributed by atoms with Crippen LogP contribution in [-0.2, 0) is 17.6 Å². The van der Waals surface area contributed by atoms with Gasteiger partial charge in [0.25, 0.3) is 0 Å². The topological polar surface area (TPSA) is 62.6 Å². The fraction of sp³-hybridized carbons (Fsp3) is 0.524. The number of unbranched alkanes of at least 4 members (excludes halogenated alkanes) is 1. The molecule has 2 aromatic rings. The summed E-state index contributed by atoms with van der Waals surface area (Å²) in [6.07, 6.45) is 4.66. The number of rotatable bonds is 7. The number of benzene rings is 1. The highest BCUT2D eigenvalue weighted by Gasteiger charge is 2.21. The lowest BCUT2D eigenvalue weighted by Crippen LogP contribution is -2.27. The first-order valence-corrected chi connectivity index (χ1v) is 9.28. The first kappa shape index (κ1) is 20.8. The van der Waals surface area contributed by atoms with Gasteiger partial charge in [0.05, 0.1) is 19.9 Å². The Labute approximate surface area is 161 Å². The van der Waals surface area contributed by atoms with Crippen LogP contribution in [0, 0.1) is 0 Å². The molecule has 0 saturated heterocycles. The third kappa shape index (κ3) is 5.74. The number of hydrogen-bond acceptors (Lipinski definition) is 5. The number of imidazole rings is 1. The average molecular weight is 374 g/mol. The molecule has 6 nitrogen and oxygen atoms in total. The molecule has 0 spiro atoms. The Morgan fingerprint density at radius 3 is 2.52 bits per heavy atom. The fourth-order valence-electron chi connectivity index (χ4n) is 2.73. The molecule has 0 radical (unpaired) electrons. The highest BCUT2D eigenvalue weighted by Crippen LogP contribution is 2.27. The van der Waals surface area contributed by atoms with Gasteiger partial charge in [0.1, 0.15) is 22.9 Å². The van der Waals surface area contributed by atoms with Gasteiger partial charge >= 0.3 is 6.09 Å². The van der Waals surface area contributed by atoms with Crippen molar-refractivity contribution in [3.05, 3.63) is 41.5 Å². The van der Waals surface area contributed by atoms with Gasteiger partial charge in [0.2, 0.25) is 0 Å². The molecule has 1 heterocycles. The van der Waals surface area contributed by atoms with E-state index in [1.165, 1.54) is 4.57 Å². The highest BCUT2D eigenvalue weighted by molar-refractivity contribution is 5.71. The first-order valence-electron chi connectivity index (χ1n) is 9.28. The second-order valence-electron chi connectivity index (χ2n) is 7.46. The lowest BCUT2D eigenvalue weighted by molar-refractivity contribution is 0.0531. The minimum Gasteiger partial charge on any atom is -0.497 e. The molecule has 27 heavy (non-hydrogen) atoms. The number of aryl methyl sites for hydroxylation is 1. The minimum atomic E-state index is -0.553. The van der Waals surface area contributed by atoms with Crippen LogP contribution in [0.25, 0.3) is 0 Å². The number of carbonyl (C=O) groups is 1. The van der Waals surface area contributed by atoms with Crippen LogP contribution in [0.5, 0.6) is 11.5 Å². The second kappa shape index (κ2) is 8.93. The number of aromatic nitrogens is 2. The molecule has 1 aromatic carbocycles. The monoisotopic (exact) mass is 374 g/mol. The summed E-state index contributed by atoms with van der Waals surface area (Å²) < 4.78 is 17.8. The Balaban J connectivity index is 2.31. The Morgan fingerprint density at radius 2 is 1.93 bits per heavy atom. The van der Waals surface area contributed by atoms with Crippen molar-refractivity contribution < 1.29 is 19.0 Å². The predicted molar refractivity (Wildman–Crippen MR) is 105 cm³/mol. The average Bonchev–Trinajstić information content (AvgIpc) is 3.01. The largest absolute Gasteiger partial charge is 0.497 e. The highest BCUT2D eigenvalue weighted by atomic mass is 16.6. The molecule has 0 amide bonds. The third-order valence-electron chi connectivity index (χ3n) is 4.04. The van der Waals surface area contributed by atoms with Crippen LogP contribution in [-0.4, -0.2) is 35.5 Å². The maximum atomic E-state index is 12.6. The molecule has 0 N–H and O–H groups in total. The van der Waals surface area contributed by atoms with E-state index in [1.807, 2.05) is 39.0 Å². The lowest BCUT2D eigenvalue weighted by atomic mass is 10.1. The summed E-state index contributed by atoms with van der Waals surface area (Å²) in [4.78, 5) is 17.3. The Morgan fingerprint density at radius 1 is 1.19 bits per heavy atom. The van der Waals surface area contributed by atoms with Crippen molar-refractivity contribution in [2.45, 2.75) is 59.0 Å². The molecule has 0 unspecified atom stereocenters. The lowest BCUT2D eigenvalue weighted by Gasteiger charge is -2.20. The van der Waals surface area contributed by atoms with Crippen LogP contribution in [0.2, 0.25) is 0 Å². The zero-order chi connectivity index (χ0) is 20.0. The van der Waals surface area contributed by atoms with Crippen LogP contribution < -0.4 is 9.47 Å². The minimum absolute atomic E-state index is 0.394. The Bertz CT molecular complexity index is 775. The summed E-state index contributed by atoms with van der Waals surface area (Å²) in [6.45, 7) is 7.69. The predicted octanol–water partition coefficient (Wildman–Crippen LogP) is 4.62. The Kier molecular flexibility index (Phi) is 6.88. The number of carbonyl (C=O) groups excluding carboxylic acids is 1. The van der Waals surface area contributed by atoms with Crippen LogP contribution in [0.3, 0.4) is 0 Å². The van der Waals surface area contributed by atoms with Gasteiger partial charge in [-0.15, -0.1) is 0 Å². The van der Waals surface area contributed by atoms with Gasteiger partial charge in [-0.3, -0.25) is 0 Å². The van der Waals surface area contributed by atoms with Crippen molar-refractivity contribution in [1.29, 1.82) is 0 Å². The smallest absolute Gasteiger partial charge is 0.419 e. The first-order chi connectivity index (χ1) is 12.8. The molecule has 0 saturated carbocycles. The van der Waals surface area contributed by atoms with E-state index in [-0.39, 0.29) is 0 Å². The molecule has 6 heteroatoms. The molecular formula is C21H30N2O4. The van der Waals surface area contributed by atoms with Gasteiger partial charge in [-0.25, -0.2) is 14.3 Å². The maximum absolute atomic E-state index is 12.6. The van der Waals surface area contributed by atoms with Crippen LogP contribution >= 0.6 is 0 Å². The van der Waals surface area contributed by atoms with Gasteiger partial charge in [-0.1, -0.05) is 19.4 Å². The van der Waals surface area contributed by atoms with Gasteiger partial charge < -0.3 is 14.2 Å². The van der Waals surface area contributed by atoms with E-state index in [0.29, 0.717) is 6.42 Å². The van der Waals surface area contributed by atoms with Gasteiger partial charge in [-0.2, -0.15) is 0 Å². The van der Waals surface area contributed by atoms with Crippen molar-refractivity contribution in [2.24, 2.45) is 0 Å². The standard InChI is InChI=1S/C21H30N2O4/c1-7-8-9-19-22-16(14-23(19)20(24)27-21(2,3)4)12-15-10-11-17(25-5)13-18(15)26-6/h10-11,13-14H,7-9,12H2,1-6H3. The van der Waals surface area contributed by atoms with E-state index in [0.717, 1.165) is 47.8 Å². The molecule has 0 aliphatic heterocycles. The summed E-state index contributed by atoms with van der Waals surface area (Å²) >= 11 is 0. The molecule has 1 aromatic heterocycles. The zero-order valence-electron chi connectivity index (χ0n) is 17.2. The van der Waals surface area contributed by atoms with E-state index in [2.05, 4.69) is 11.9 Å². The summed E-state index contributed by atoms with van der Waals surface area (Å²) in [7, 11) is 3.25. The maximum Gasteiger partial charge on any atom is 0.419 e.